The molecule has 3 aromatic heterocycles. The van der Waals surface area contributed by atoms with Gasteiger partial charge in [-0.15, -0.1) is 11.3 Å². The molecule has 1 atom stereocenters. The summed E-state index contributed by atoms with van der Waals surface area (Å²) in [5.41, 5.74) is 1.19. The molecule has 98 valence electrons. The molecule has 0 bridgehead atoms. The lowest BCUT2D eigenvalue weighted by Crippen LogP contribution is -2.08. The van der Waals surface area contributed by atoms with Crippen molar-refractivity contribution in [1.29, 1.82) is 0 Å². The highest BCUT2D eigenvalue weighted by atomic mass is 32.1. The van der Waals surface area contributed by atoms with Gasteiger partial charge in [0.05, 0.1) is 6.04 Å². The number of thiophene rings is 1. The van der Waals surface area contributed by atoms with Crippen LogP contribution in [0.15, 0.2) is 34.2 Å². The molecule has 4 heteroatoms. The summed E-state index contributed by atoms with van der Waals surface area (Å²) in [6, 6.07) is 6.41. The van der Waals surface area contributed by atoms with Crippen LogP contribution >= 0.6 is 11.3 Å². The number of hydrogen-bond donors (Lipinski definition) is 1. The summed E-state index contributed by atoms with van der Waals surface area (Å²) in [5.74, 6) is 2.85. The fraction of sp³-hybridized carbons (Fsp3) is 0.267. The van der Waals surface area contributed by atoms with Gasteiger partial charge in [-0.25, -0.2) is 4.98 Å². The van der Waals surface area contributed by atoms with Gasteiger partial charge in [-0.1, -0.05) is 0 Å². The number of aromatic nitrogens is 1. The molecule has 19 heavy (non-hydrogen) atoms. The van der Waals surface area contributed by atoms with Crippen LogP contribution in [0.5, 0.6) is 0 Å². The SMILES string of the molecule is Cc1cc(C(C)Nc2nccc3sccc23)c(C)o1. The van der Waals surface area contributed by atoms with E-state index in [1.165, 1.54) is 15.6 Å². The summed E-state index contributed by atoms with van der Waals surface area (Å²) >= 11 is 1.73. The molecule has 0 radical (unpaired) electrons. The number of nitrogens with zero attached hydrogens (tertiary/aromatic N) is 1. The summed E-state index contributed by atoms with van der Waals surface area (Å²) in [7, 11) is 0. The lowest BCUT2D eigenvalue weighted by atomic mass is 10.1. The monoisotopic (exact) mass is 272 g/mol. The Morgan fingerprint density at radius 3 is 2.89 bits per heavy atom. The van der Waals surface area contributed by atoms with Crippen LogP contribution in [0.3, 0.4) is 0 Å². The van der Waals surface area contributed by atoms with Gasteiger partial charge in [0.1, 0.15) is 17.3 Å². The number of nitrogens with one attached hydrogen (secondary N) is 1. The van der Waals surface area contributed by atoms with Crippen molar-refractivity contribution in [2.24, 2.45) is 0 Å². The van der Waals surface area contributed by atoms with Gasteiger partial charge in [0, 0.05) is 21.8 Å². The maximum Gasteiger partial charge on any atom is 0.135 e. The third-order valence-corrected chi connectivity index (χ3v) is 4.16. The number of anilines is 1. The highest BCUT2D eigenvalue weighted by Gasteiger charge is 2.14. The highest BCUT2D eigenvalue weighted by molar-refractivity contribution is 7.17. The molecule has 0 aromatic carbocycles. The molecular weight excluding hydrogens is 256 g/mol. The first kappa shape index (κ1) is 12.2. The average molecular weight is 272 g/mol. The van der Waals surface area contributed by atoms with Crippen molar-refractivity contribution in [3.63, 3.8) is 0 Å². The van der Waals surface area contributed by atoms with Crippen LogP contribution in [0.1, 0.15) is 30.0 Å². The quantitative estimate of drug-likeness (QED) is 0.752. The lowest BCUT2D eigenvalue weighted by molar-refractivity contribution is 0.500. The largest absolute Gasteiger partial charge is 0.466 e. The molecule has 3 heterocycles. The van der Waals surface area contributed by atoms with E-state index >= 15 is 0 Å². The Kier molecular flexibility index (Phi) is 3.03. The summed E-state index contributed by atoms with van der Waals surface area (Å²) in [6.07, 6.45) is 1.85. The molecule has 1 N–H and O–H groups in total. The summed E-state index contributed by atoms with van der Waals surface area (Å²) in [4.78, 5) is 4.45. The zero-order chi connectivity index (χ0) is 13.4. The second kappa shape index (κ2) is 4.70. The molecular formula is C15H16N2OS. The molecule has 3 rings (SSSR count). The first-order valence-electron chi connectivity index (χ1n) is 6.31. The van der Waals surface area contributed by atoms with Crippen LogP contribution in [-0.2, 0) is 0 Å². The van der Waals surface area contributed by atoms with Crippen molar-refractivity contribution in [3.8, 4) is 0 Å². The van der Waals surface area contributed by atoms with E-state index in [0.717, 1.165) is 17.3 Å². The number of pyridine rings is 1. The Balaban J connectivity index is 1.92. The predicted molar refractivity (Wildman–Crippen MR) is 79.8 cm³/mol. The molecule has 3 aromatic rings. The van der Waals surface area contributed by atoms with E-state index in [1.807, 2.05) is 26.1 Å². The Morgan fingerprint density at radius 1 is 1.32 bits per heavy atom. The fourth-order valence-corrected chi connectivity index (χ4v) is 3.15. The van der Waals surface area contributed by atoms with Crippen LogP contribution < -0.4 is 5.32 Å². The minimum atomic E-state index is 0.176. The van der Waals surface area contributed by atoms with Gasteiger partial charge in [-0.2, -0.15) is 0 Å². The van der Waals surface area contributed by atoms with Gasteiger partial charge < -0.3 is 9.73 Å². The molecule has 0 fully saturated rings. The van der Waals surface area contributed by atoms with Crippen molar-refractivity contribution in [2.45, 2.75) is 26.8 Å². The van der Waals surface area contributed by atoms with Gasteiger partial charge in [0.25, 0.3) is 0 Å². The summed E-state index contributed by atoms with van der Waals surface area (Å²) in [6.45, 7) is 6.10. The van der Waals surface area contributed by atoms with Crippen molar-refractivity contribution >= 4 is 27.2 Å². The first-order valence-corrected chi connectivity index (χ1v) is 7.19. The molecule has 1 unspecified atom stereocenters. The molecule has 0 spiro atoms. The van der Waals surface area contributed by atoms with Crippen LogP contribution in [0.25, 0.3) is 10.1 Å². The maximum atomic E-state index is 5.59. The van der Waals surface area contributed by atoms with Crippen molar-refractivity contribution in [2.75, 3.05) is 5.32 Å². The Bertz CT molecular complexity index is 714. The Morgan fingerprint density at radius 2 is 2.16 bits per heavy atom. The molecule has 0 aliphatic heterocycles. The third kappa shape index (κ3) is 2.24. The second-order valence-corrected chi connectivity index (χ2v) is 5.67. The van der Waals surface area contributed by atoms with Gasteiger partial charge in [0.15, 0.2) is 0 Å². The van der Waals surface area contributed by atoms with E-state index in [-0.39, 0.29) is 6.04 Å². The number of hydrogen-bond acceptors (Lipinski definition) is 4. The minimum absolute atomic E-state index is 0.176. The number of fused-ring (bicyclic) bond motifs is 1. The van der Waals surface area contributed by atoms with Crippen molar-refractivity contribution in [1.82, 2.24) is 4.98 Å². The van der Waals surface area contributed by atoms with Crippen LogP contribution in [0, 0.1) is 13.8 Å². The number of furan rings is 1. The molecule has 0 aliphatic carbocycles. The lowest BCUT2D eigenvalue weighted by Gasteiger charge is -2.14. The summed E-state index contributed by atoms with van der Waals surface area (Å²) < 4.78 is 6.84. The minimum Gasteiger partial charge on any atom is -0.466 e. The Hall–Kier alpha value is -1.81. The predicted octanol–water partition coefficient (Wildman–Crippen LogP) is 4.68. The number of rotatable bonds is 3. The van der Waals surface area contributed by atoms with Gasteiger partial charge in [-0.3, -0.25) is 0 Å². The van der Waals surface area contributed by atoms with E-state index in [1.54, 1.807) is 11.3 Å². The van der Waals surface area contributed by atoms with Gasteiger partial charge in [0.2, 0.25) is 0 Å². The Labute approximate surface area is 116 Å². The standard InChI is InChI=1S/C15H16N2OS/c1-9-8-13(11(3)18-9)10(2)17-15-12-5-7-19-14(12)4-6-16-15/h4-8,10H,1-3H3,(H,16,17). The van der Waals surface area contributed by atoms with E-state index in [0.29, 0.717) is 0 Å². The maximum absolute atomic E-state index is 5.59. The van der Waals surface area contributed by atoms with E-state index in [2.05, 4.69) is 34.7 Å². The first-order chi connectivity index (χ1) is 9.15. The second-order valence-electron chi connectivity index (χ2n) is 4.73. The van der Waals surface area contributed by atoms with Crippen molar-refractivity contribution < 1.29 is 4.42 Å². The van der Waals surface area contributed by atoms with E-state index in [9.17, 15) is 0 Å². The van der Waals surface area contributed by atoms with Gasteiger partial charge >= 0.3 is 0 Å². The zero-order valence-corrected chi connectivity index (χ0v) is 12.0. The van der Waals surface area contributed by atoms with E-state index in [4.69, 9.17) is 4.42 Å². The highest BCUT2D eigenvalue weighted by Crippen LogP contribution is 2.30. The van der Waals surface area contributed by atoms with Crippen molar-refractivity contribution in [3.05, 3.63) is 46.9 Å². The normalized spacial score (nSPS) is 12.8. The van der Waals surface area contributed by atoms with E-state index < -0.39 is 0 Å². The van der Waals surface area contributed by atoms with Gasteiger partial charge in [-0.05, 0) is 44.4 Å². The molecule has 0 amide bonds. The molecule has 0 aliphatic rings. The molecule has 3 nitrogen and oxygen atoms in total. The summed E-state index contributed by atoms with van der Waals surface area (Å²) in [5, 5.41) is 6.75. The van der Waals surface area contributed by atoms with Crippen LogP contribution in [0.2, 0.25) is 0 Å². The zero-order valence-electron chi connectivity index (χ0n) is 11.2. The third-order valence-electron chi connectivity index (χ3n) is 3.28. The average Bonchev–Trinajstić information content (AvgIpc) is 2.96. The molecule has 0 saturated carbocycles. The van der Waals surface area contributed by atoms with Crippen LogP contribution in [0.4, 0.5) is 5.82 Å². The van der Waals surface area contributed by atoms with Crippen LogP contribution in [-0.4, -0.2) is 4.98 Å². The number of aryl methyl sites for hydroxylation is 2. The smallest absolute Gasteiger partial charge is 0.135 e. The topological polar surface area (TPSA) is 38.1 Å². The fourth-order valence-electron chi connectivity index (χ4n) is 2.37. The molecule has 0 saturated heterocycles.